The molecule has 4 rings (SSSR count). The van der Waals surface area contributed by atoms with E-state index in [-0.39, 0.29) is 11.5 Å². The quantitative estimate of drug-likeness (QED) is 0.399. The molecular formula is C20H14O10S2. The first-order valence-electron chi connectivity index (χ1n) is 8.86. The normalized spacial score (nSPS) is 15.0. The van der Waals surface area contributed by atoms with E-state index in [0.29, 0.717) is 22.3 Å². The molecule has 0 saturated heterocycles. The van der Waals surface area contributed by atoms with Crippen molar-refractivity contribution in [2.24, 2.45) is 0 Å². The van der Waals surface area contributed by atoms with Crippen LogP contribution in [-0.2, 0) is 31.1 Å². The third-order valence-electron chi connectivity index (χ3n) is 4.70. The summed E-state index contributed by atoms with van der Waals surface area (Å²) in [6.45, 7) is 0. The van der Waals surface area contributed by atoms with Crippen molar-refractivity contribution >= 4 is 26.8 Å². The third kappa shape index (κ3) is 4.16. The molecular weight excluding hydrogens is 464 g/mol. The molecule has 10 nitrogen and oxygen atoms in total. The number of ether oxygens (including phenoxy) is 1. The van der Waals surface area contributed by atoms with E-state index in [9.17, 15) is 21.6 Å². The van der Waals surface area contributed by atoms with Crippen molar-refractivity contribution in [3.8, 4) is 11.5 Å². The molecule has 0 aliphatic carbocycles. The Hall–Kier alpha value is -3.45. The fourth-order valence-corrected chi connectivity index (χ4v) is 4.25. The summed E-state index contributed by atoms with van der Waals surface area (Å²) in [7, 11) is -9.44. The number of cyclic esters (lactones) is 1. The lowest BCUT2D eigenvalue weighted by atomic mass is 9.80. The van der Waals surface area contributed by atoms with Gasteiger partial charge >= 0.3 is 26.8 Å². The number of rotatable bonds is 6. The predicted octanol–water partition coefficient (Wildman–Crippen LogP) is 2.51. The first-order chi connectivity index (χ1) is 15.0. The zero-order chi connectivity index (χ0) is 23.1. The number of carbonyl (C=O) groups is 1. The standard InChI is InChI=1S/C20H14O10S2/c21-19-17-3-1-2-4-18(17)20(28-19,13-5-9-15(10-6-13)29-31(22,23)24)14-7-11-16(12-8-14)30-32(25,26)27/h1-12H,(H,22,23,24)(H,25,26,27). The molecule has 0 radical (unpaired) electrons. The van der Waals surface area contributed by atoms with Gasteiger partial charge in [-0.15, -0.1) is 0 Å². The number of hydrogen-bond donors (Lipinski definition) is 2. The molecule has 166 valence electrons. The van der Waals surface area contributed by atoms with E-state index < -0.39 is 32.4 Å². The summed E-state index contributed by atoms with van der Waals surface area (Å²) in [6.07, 6.45) is 0. The molecule has 0 fully saturated rings. The van der Waals surface area contributed by atoms with Crippen LogP contribution in [0.1, 0.15) is 27.0 Å². The van der Waals surface area contributed by atoms with Gasteiger partial charge in [0.15, 0.2) is 5.60 Å². The number of hydrogen-bond acceptors (Lipinski definition) is 8. The highest BCUT2D eigenvalue weighted by Crippen LogP contribution is 2.47. The van der Waals surface area contributed by atoms with Crippen molar-refractivity contribution < 1.29 is 43.8 Å². The molecule has 3 aromatic rings. The van der Waals surface area contributed by atoms with Gasteiger partial charge in [0.05, 0.1) is 5.56 Å². The van der Waals surface area contributed by atoms with E-state index >= 15 is 0 Å². The van der Waals surface area contributed by atoms with Gasteiger partial charge in [-0.1, -0.05) is 42.5 Å². The number of benzene rings is 3. The molecule has 0 atom stereocenters. The molecule has 0 amide bonds. The fraction of sp³-hybridized carbons (Fsp3) is 0.0500. The van der Waals surface area contributed by atoms with Crippen LogP contribution in [0.3, 0.4) is 0 Å². The van der Waals surface area contributed by atoms with E-state index in [1.54, 1.807) is 24.3 Å². The SMILES string of the molecule is O=C1OC(c2ccc(OS(=O)(=O)O)cc2)(c2ccc(OS(=O)(=O)O)cc2)c2ccccc21. The van der Waals surface area contributed by atoms with Gasteiger partial charge in [0, 0.05) is 16.7 Å². The van der Waals surface area contributed by atoms with Crippen LogP contribution in [0.5, 0.6) is 11.5 Å². The Balaban J connectivity index is 1.86. The molecule has 0 unspecified atom stereocenters. The van der Waals surface area contributed by atoms with Crippen LogP contribution < -0.4 is 8.37 Å². The zero-order valence-corrected chi connectivity index (χ0v) is 17.5. The van der Waals surface area contributed by atoms with Crippen LogP contribution >= 0.6 is 0 Å². The maximum absolute atomic E-state index is 12.6. The molecule has 0 spiro atoms. The van der Waals surface area contributed by atoms with Crippen molar-refractivity contribution in [1.82, 2.24) is 0 Å². The van der Waals surface area contributed by atoms with Gasteiger partial charge in [0.1, 0.15) is 11.5 Å². The predicted molar refractivity (Wildman–Crippen MR) is 109 cm³/mol. The number of esters is 1. The largest absolute Gasteiger partial charge is 0.446 e. The Morgan fingerprint density at radius 3 is 1.56 bits per heavy atom. The Morgan fingerprint density at radius 1 is 0.688 bits per heavy atom. The van der Waals surface area contributed by atoms with E-state index in [1.807, 2.05) is 0 Å². The molecule has 1 heterocycles. The van der Waals surface area contributed by atoms with Crippen LogP contribution in [0, 0.1) is 0 Å². The highest BCUT2D eigenvalue weighted by atomic mass is 32.3. The van der Waals surface area contributed by atoms with Gasteiger partial charge in [0.25, 0.3) is 0 Å². The van der Waals surface area contributed by atoms with E-state index in [1.165, 1.54) is 48.5 Å². The van der Waals surface area contributed by atoms with Crippen molar-refractivity contribution in [3.05, 3.63) is 95.1 Å². The van der Waals surface area contributed by atoms with Crippen LogP contribution in [-0.4, -0.2) is 31.9 Å². The average molecular weight is 478 g/mol. The van der Waals surface area contributed by atoms with Gasteiger partial charge in [-0.2, -0.15) is 16.8 Å². The van der Waals surface area contributed by atoms with Crippen LogP contribution in [0.4, 0.5) is 0 Å². The van der Waals surface area contributed by atoms with Crippen LogP contribution in [0.15, 0.2) is 72.8 Å². The molecule has 3 aromatic carbocycles. The van der Waals surface area contributed by atoms with Gasteiger partial charge < -0.3 is 13.1 Å². The molecule has 32 heavy (non-hydrogen) atoms. The van der Waals surface area contributed by atoms with Crippen molar-refractivity contribution in [1.29, 1.82) is 0 Å². The number of carbonyl (C=O) groups excluding carboxylic acids is 1. The lowest BCUT2D eigenvalue weighted by molar-refractivity contribution is 0.0251. The summed E-state index contributed by atoms with van der Waals surface area (Å²) in [5.74, 6) is -0.932. The summed E-state index contributed by atoms with van der Waals surface area (Å²) < 4.78 is 76.2. The Labute approximate surface area is 182 Å². The minimum Gasteiger partial charge on any atom is -0.441 e. The van der Waals surface area contributed by atoms with Crippen LogP contribution in [0.25, 0.3) is 0 Å². The molecule has 1 aliphatic heterocycles. The second-order valence-corrected chi connectivity index (χ2v) is 8.73. The maximum Gasteiger partial charge on any atom is 0.446 e. The third-order valence-corrected chi connectivity index (χ3v) is 5.50. The Morgan fingerprint density at radius 2 is 1.12 bits per heavy atom. The summed E-state index contributed by atoms with van der Waals surface area (Å²) in [4.78, 5) is 12.6. The Kier molecular flexibility index (Phi) is 5.17. The monoisotopic (exact) mass is 478 g/mol. The number of fused-ring (bicyclic) bond motifs is 1. The molecule has 0 bridgehead atoms. The summed E-state index contributed by atoms with van der Waals surface area (Å²) >= 11 is 0. The molecule has 0 aromatic heterocycles. The van der Waals surface area contributed by atoms with Gasteiger partial charge in [-0.3, -0.25) is 9.11 Å². The second-order valence-electron chi connectivity index (χ2n) is 6.69. The van der Waals surface area contributed by atoms with Crippen molar-refractivity contribution in [2.45, 2.75) is 5.60 Å². The van der Waals surface area contributed by atoms with E-state index in [0.717, 1.165) is 0 Å². The second kappa shape index (κ2) is 7.60. The molecule has 1 aliphatic rings. The lowest BCUT2D eigenvalue weighted by Crippen LogP contribution is -2.29. The van der Waals surface area contributed by atoms with Gasteiger partial charge in [-0.05, 0) is 30.3 Å². The van der Waals surface area contributed by atoms with Gasteiger partial charge in [-0.25, -0.2) is 4.79 Å². The summed E-state index contributed by atoms with van der Waals surface area (Å²) in [6, 6.07) is 17.6. The maximum atomic E-state index is 12.6. The highest BCUT2D eigenvalue weighted by Gasteiger charge is 2.48. The topological polar surface area (TPSA) is 154 Å². The lowest BCUT2D eigenvalue weighted by Gasteiger charge is -2.30. The first kappa shape index (κ1) is 21.8. The van der Waals surface area contributed by atoms with Crippen molar-refractivity contribution in [2.75, 3.05) is 0 Å². The molecule has 12 heteroatoms. The Bertz CT molecular complexity index is 1320. The van der Waals surface area contributed by atoms with E-state index in [4.69, 9.17) is 13.8 Å². The van der Waals surface area contributed by atoms with Crippen molar-refractivity contribution in [3.63, 3.8) is 0 Å². The summed E-state index contributed by atoms with van der Waals surface area (Å²) in [5.41, 5.74) is 0.186. The fourth-order valence-electron chi connectivity index (χ4n) is 3.55. The minimum absolute atomic E-state index is 0.166. The summed E-state index contributed by atoms with van der Waals surface area (Å²) in [5, 5.41) is 0. The smallest absolute Gasteiger partial charge is 0.441 e. The average Bonchev–Trinajstić information content (AvgIpc) is 3.01. The minimum atomic E-state index is -4.72. The van der Waals surface area contributed by atoms with Gasteiger partial charge in [0.2, 0.25) is 0 Å². The molecule has 0 saturated carbocycles. The van der Waals surface area contributed by atoms with Crippen LogP contribution in [0.2, 0.25) is 0 Å². The van der Waals surface area contributed by atoms with E-state index in [2.05, 4.69) is 8.37 Å². The first-order valence-corrected chi connectivity index (χ1v) is 11.6. The highest BCUT2D eigenvalue weighted by molar-refractivity contribution is 7.81. The molecule has 2 N–H and O–H groups in total. The zero-order valence-electron chi connectivity index (χ0n) is 15.9.